The third-order valence-corrected chi connectivity index (χ3v) is 4.81. The highest BCUT2D eigenvalue weighted by molar-refractivity contribution is 7.89. The van der Waals surface area contributed by atoms with Crippen molar-refractivity contribution in [1.29, 1.82) is 0 Å². The molecule has 7 heteroatoms. The highest BCUT2D eigenvalue weighted by atomic mass is 32.2. The van der Waals surface area contributed by atoms with E-state index >= 15 is 0 Å². The molecule has 0 unspecified atom stereocenters. The molecule has 24 heavy (non-hydrogen) atoms. The van der Waals surface area contributed by atoms with Crippen LogP contribution in [0.25, 0.3) is 0 Å². The number of amides is 1. The Hall–Kier alpha value is -2.25. The van der Waals surface area contributed by atoms with E-state index in [9.17, 15) is 17.6 Å². The first-order valence-corrected chi connectivity index (χ1v) is 8.91. The zero-order chi connectivity index (χ0) is 17.7. The maximum atomic E-state index is 13.0. The van der Waals surface area contributed by atoms with Gasteiger partial charge in [-0.3, -0.25) is 4.79 Å². The molecule has 0 atom stereocenters. The van der Waals surface area contributed by atoms with E-state index in [1.165, 1.54) is 30.3 Å². The molecule has 128 valence electrons. The quantitative estimate of drug-likeness (QED) is 0.841. The summed E-state index contributed by atoms with van der Waals surface area (Å²) in [6.45, 7) is 3.59. The van der Waals surface area contributed by atoms with Gasteiger partial charge < -0.3 is 5.32 Å². The van der Waals surface area contributed by atoms with Gasteiger partial charge in [-0.2, -0.15) is 0 Å². The topological polar surface area (TPSA) is 75.3 Å². The van der Waals surface area contributed by atoms with Crippen LogP contribution < -0.4 is 10.0 Å². The lowest BCUT2D eigenvalue weighted by atomic mass is 10.0. The van der Waals surface area contributed by atoms with Crippen molar-refractivity contribution >= 4 is 21.6 Å². The van der Waals surface area contributed by atoms with Crippen LogP contribution in [0.15, 0.2) is 53.4 Å². The largest absolute Gasteiger partial charge is 0.325 e. The van der Waals surface area contributed by atoms with Gasteiger partial charge in [0.25, 0.3) is 0 Å². The Bertz CT molecular complexity index is 818. The molecule has 2 rings (SSSR count). The molecule has 0 fully saturated rings. The molecule has 1 amide bonds. The molecule has 2 N–H and O–H groups in total. The van der Waals surface area contributed by atoms with Crippen molar-refractivity contribution in [2.45, 2.75) is 24.7 Å². The molecule has 0 aliphatic heterocycles. The van der Waals surface area contributed by atoms with Crippen LogP contribution in [0, 0.1) is 5.82 Å². The Morgan fingerprint density at radius 3 is 2.38 bits per heavy atom. The van der Waals surface area contributed by atoms with Crippen LogP contribution in [0.3, 0.4) is 0 Å². The predicted molar refractivity (Wildman–Crippen MR) is 90.7 cm³/mol. The van der Waals surface area contributed by atoms with Crippen LogP contribution in [0.4, 0.5) is 10.1 Å². The first kappa shape index (κ1) is 18.1. The summed E-state index contributed by atoms with van der Waals surface area (Å²) in [5.41, 5.74) is 1.29. The van der Waals surface area contributed by atoms with E-state index < -0.39 is 28.3 Å². The molecular formula is C17H19FN2O3S. The van der Waals surface area contributed by atoms with Crippen molar-refractivity contribution in [2.75, 3.05) is 11.9 Å². The minimum absolute atomic E-state index is 0.0884. The summed E-state index contributed by atoms with van der Waals surface area (Å²) >= 11 is 0. The number of anilines is 1. The first-order chi connectivity index (χ1) is 11.3. The smallest absolute Gasteiger partial charge is 0.241 e. The zero-order valence-corrected chi connectivity index (χ0v) is 14.2. The second kappa shape index (κ2) is 7.55. The van der Waals surface area contributed by atoms with Gasteiger partial charge >= 0.3 is 0 Å². The lowest BCUT2D eigenvalue weighted by Crippen LogP contribution is -2.32. The first-order valence-electron chi connectivity index (χ1n) is 7.43. The Kier molecular flexibility index (Phi) is 5.69. The van der Waals surface area contributed by atoms with Crippen molar-refractivity contribution in [2.24, 2.45) is 0 Å². The molecule has 0 aliphatic rings. The van der Waals surface area contributed by atoms with Crippen LogP contribution in [0.2, 0.25) is 0 Å². The van der Waals surface area contributed by atoms with Gasteiger partial charge in [-0.15, -0.1) is 0 Å². The van der Waals surface area contributed by atoms with Gasteiger partial charge in [0.2, 0.25) is 15.9 Å². The number of carbonyl (C=O) groups excluding carboxylic acids is 1. The zero-order valence-electron chi connectivity index (χ0n) is 13.4. The second-order valence-electron chi connectivity index (χ2n) is 5.61. The Balaban J connectivity index is 1.98. The third kappa shape index (κ3) is 4.87. The van der Waals surface area contributed by atoms with E-state index in [0.717, 1.165) is 11.6 Å². The van der Waals surface area contributed by atoms with Gasteiger partial charge in [0.05, 0.1) is 11.4 Å². The van der Waals surface area contributed by atoms with Crippen molar-refractivity contribution in [3.8, 4) is 0 Å². The summed E-state index contributed by atoms with van der Waals surface area (Å²) in [5, 5.41) is 2.42. The number of hydrogen-bond donors (Lipinski definition) is 2. The van der Waals surface area contributed by atoms with Crippen molar-refractivity contribution in [3.05, 3.63) is 59.9 Å². The Labute approximate surface area is 141 Å². The number of sulfonamides is 1. The molecule has 0 saturated carbocycles. The highest BCUT2D eigenvalue weighted by Gasteiger charge is 2.16. The predicted octanol–water partition coefficient (Wildman–Crippen LogP) is 2.87. The summed E-state index contributed by atoms with van der Waals surface area (Å²) < 4.78 is 39.6. The van der Waals surface area contributed by atoms with E-state index in [-0.39, 0.29) is 10.6 Å². The van der Waals surface area contributed by atoms with Gasteiger partial charge in [-0.25, -0.2) is 17.5 Å². The number of benzene rings is 2. The SMILES string of the molecule is CC(C)c1ccc(S(=O)(=O)NCC(=O)Nc2cccc(F)c2)cc1. The molecule has 0 heterocycles. The third-order valence-electron chi connectivity index (χ3n) is 3.39. The molecule has 0 saturated heterocycles. The minimum atomic E-state index is -3.78. The summed E-state index contributed by atoms with van der Waals surface area (Å²) in [6.07, 6.45) is 0. The Morgan fingerprint density at radius 1 is 1.12 bits per heavy atom. The summed E-state index contributed by atoms with van der Waals surface area (Å²) in [5.74, 6) is -0.770. The van der Waals surface area contributed by atoms with Crippen LogP contribution >= 0.6 is 0 Å². The molecular weight excluding hydrogens is 331 g/mol. The normalized spacial score (nSPS) is 11.5. The van der Waals surface area contributed by atoms with Crippen LogP contribution in [-0.2, 0) is 14.8 Å². The number of nitrogens with one attached hydrogen (secondary N) is 2. The fourth-order valence-electron chi connectivity index (χ4n) is 2.05. The van der Waals surface area contributed by atoms with Crippen LogP contribution in [0.5, 0.6) is 0 Å². The standard InChI is InChI=1S/C17H19FN2O3S/c1-12(2)13-6-8-16(9-7-13)24(22,23)19-11-17(21)20-15-5-3-4-14(18)10-15/h3-10,12,19H,11H2,1-2H3,(H,20,21). The monoisotopic (exact) mass is 350 g/mol. The Morgan fingerprint density at radius 2 is 1.79 bits per heavy atom. The maximum absolute atomic E-state index is 13.0. The molecule has 0 spiro atoms. The van der Waals surface area contributed by atoms with Gasteiger partial charge in [0.1, 0.15) is 5.82 Å². The second-order valence-corrected chi connectivity index (χ2v) is 7.37. The highest BCUT2D eigenvalue weighted by Crippen LogP contribution is 2.17. The summed E-state index contributed by atoms with van der Waals surface area (Å²) in [6, 6.07) is 11.9. The van der Waals surface area contributed by atoms with Gasteiger partial charge in [0.15, 0.2) is 0 Å². The molecule has 0 aromatic heterocycles. The van der Waals surface area contributed by atoms with Gasteiger partial charge in [-0.1, -0.05) is 32.0 Å². The lowest BCUT2D eigenvalue weighted by molar-refractivity contribution is -0.115. The van der Waals surface area contributed by atoms with E-state index in [2.05, 4.69) is 10.0 Å². The number of hydrogen-bond acceptors (Lipinski definition) is 3. The number of rotatable bonds is 6. The number of halogens is 1. The van der Waals surface area contributed by atoms with E-state index in [4.69, 9.17) is 0 Å². The molecule has 2 aromatic rings. The van der Waals surface area contributed by atoms with Crippen molar-refractivity contribution < 1.29 is 17.6 Å². The van der Waals surface area contributed by atoms with E-state index in [1.54, 1.807) is 12.1 Å². The summed E-state index contributed by atoms with van der Waals surface area (Å²) in [7, 11) is -3.78. The summed E-state index contributed by atoms with van der Waals surface area (Å²) in [4.78, 5) is 11.9. The molecule has 0 radical (unpaired) electrons. The van der Waals surface area contributed by atoms with Crippen LogP contribution in [0.1, 0.15) is 25.3 Å². The molecule has 0 aliphatic carbocycles. The van der Waals surface area contributed by atoms with Crippen molar-refractivity contribution in [1.82, 2.24) is 4.72 Å². The average Bonchev–Trinajstić information content (AvgIpc) is 2.53. The van der Waals surface area contributed by atoms with Crippen molar-refractivity contribution in [3.63, 3.8) is 0 Å². The fraction of sp³-hybridized carbons (Fsp3) is 0.235. The molecule has 0 bridgehead atoms. The maximum Gasteiger partial charge on any atom is 0.241 e. The minimum Gasteiger partial charge on any atom is -0.325 e. The van der Waals surface area contributed by atoms with Gasteiger partial charge in [0, 0.05) is 5.69 Å². The van der Waals surface area contributed by atoms with E-state index in [0.29, 0.717) is 5.92 Å². The van der Waals surface area contributed by atoms with Crippen LogP contribution in [-0.4, -0.2) is 20.9 Å². The molecule has 2 aromatic carbocycles. The van der Waals surface area contributed by atoms with E-state index in [1.807, 2.05) is 13.8 Å². The fourth-order valence-corrected chi connectivity index (χ4v) is 3.03. The van der Waals surface area contributed by atoms with Gasteiger partial charge in [-0.05, 0) is 41.8 Å². The number of carbonyl (C=O) groups is 1. The average molecular weight is 350 g/mol. The lowest BCUT2D eigenvalue weighted by Gasteiger charge is -2.09. The molecule has 5 nitrogen and oxygen atoms in total.